The summed E-state index contributed by atoms with van der Waals surface area (Å²) < 4.78 is 5.44. The number of nitrogens with one attached hydrogen (secondary N) is 1. The molecule has 2 unspecified atom stereocenters. The molecule has 2 aliphatic rings. The summed E-state index contributed by atoms with van der Waals surface area (Å²) in [5.41, 5.74) is 0. The summed E-state index contributed by atoms with van der Waals surface area (Å²) in [7, 11) is 2.24. The summed E-state index contributed by atoms with van der Waals surface area (Å²) in [6.07, 6.45) is 6.47. The summed E-state index contributed by atoms with van der Waals surface area (Å²) in [4.78, 5) is 2.46. The lowest BCUT2D eigenvalue weighted by atomic mass is 9.92. The minimum atomic E-state index is 0.660. The molecule has 2 fully saturated rings. The average Bonchev–Trinajstić information content (AvgIpc) is 2.56. The third kappa shape index (κ3) is 4.23. The Bertz CT molecular complexity index is 216. The Hall–Kier alpha value is -0.120. The molecule has 3 heteroatoms. The maximum absolute atomic E-state index is 5.44. The minimum Gasteiger partial charge on any atom is -0.381 e. The van der Waals surface area contributed by atoms with Gasteiger partial charge in [0.25, 0.3) is 0 Å². The van der Waals surface area contributed by atoms with Crippen LogP contribution >= 0.6 is 0 Å². The number of hydrogen-bond acceptors (Lipinski definition) is 3. The van der Waals surface area contributed by atoms with Gasteiger partial charge in [-0.15, -0.1) is 0 Å². The van der Waals surface area contributed by atoms with E-state index in [2.05, 4.69) is 24.2 Å². The molecule has 2 rings (SSSR count). The summed E-state index contributed by atoms with van der Waals surface area (Å²) >= 11 is 0. The van der Waals surface area contributed by atoms with Crippen LogP contribution in [0.4, 0.5) is 0 Å². The lowest BCUT2D eigenvalue weighted by molar-refractivity contribution is 0.0541. The van der Waals surface area contributed by atoms with Crippen LogP contribution in [0, 0.1) is 5.92 Å². The molecule has 1 N–H and O–H groups in total. The van der Waals surface area contributed by atoms with Crippen molar-refractivity contribution in [2.45, 2.75) is 51.1 Å². The van der Waals surface area contributed by atoms with Gasteiger partial charge in [0.1, 0.15) is 0 Å². The first-order chi connectivity index (χ1) is 8.25. The lowest BCUT2D eigenvalue weighted by Crippen LogP contribution is -2.43. The number of rotatable bonds is 3. The van der Waals surface area contributed by atoms with E-state index < -0.39 is 0 Å². The first-order valence-corrected chi connectivity index (χ1v) is 7.28. The van der Waals surface area contributed by atoms with E-state index in [9.17, 15) is 0 Å². The van der Waals surface area contributed by atoms with Gasteiger partial charge in [0.15, 0.2) is 0 Å². The smallest absolute Gasteiger partial charge is 0.0469 e. The third-order valence-corrected chi connectivity index (χ3v) is 4.42. The van der Waals surface area contributed by atoms with Crippen LogP contribution in [-0.2, 0) is 4.74 Å². The van der Waals surface area contributed by atoms with Crippen LogP contribution < -0.4 is 5.32 Å². The number of ether oxygens (including phenoxy) is 1. The molecule has 3 nitrogen and oxygen atoms in total. The largest absolute Gasteiger partial charge is 0.381 e. The van der Waals surface area contributed by atoms with Crippen LogP contribution in [0.2, 0.25) is 0 Å². The predicted octanol–water partition coefficient (Wildman–Crippen LogP) is 1.88. The highest BCUT2D eigenvalue weighted by Crippen LogP contribution is 2.20. The Balaban J connectivity index is 1.74. The zero-order valence-electron chi connectivity index (χ0n) is 11.5. The Morgan fingerprint density at radius 3 is 2.65 bits per heavy atom. The molecule has 2 atom stereocenters. The highest BCUT2D eigenvalue weighted by atomic mass is 16.5. The van der Waals surface area contributed by atoms with E-state index in [1.807, 2.05) is 0 Å². The second kappa shape index (κ2) is 6.72. The molecule has 0 radical (unpaired) electrons. The molecule has 0 amide bonds. The molecule has 2 saturated heterocycles. The van der Waals surface area contributed by atoms with Crippen molar-refractivity contribution in [1.29, 1.82) is 0 Å². The van der Waals surface area contributed by atoms with Crippen molar-refractivity contribution < 1.29 is 4.74 Å². The molecular weight excluding hydrogens is 212 g/mol. The van der Waals surface area contributed by atoms with Crippen molar-refractivity contribution in [2.75, 3.05) is 33.4 Å². The molecule has 0 aromatic rings. The molecule has 0 bridgehead atoms. The fraction of sp³-hybridized carbons (Fsp3) is 1.00. The van der Waals surface area contributed by atoms with Crippen LogP contribution in [0.1, 0.15) is 39.0 Å². The van der Waals surface area contributed by atoms with Crippen LogP contribution in [0.5, 0.6) is 0 Å². The van der Waals surface area contributed by atoms with Crippen molar-refractivity contribution in [3.8, 4) is 0 Å². The summed E-state index contributed by atoms with van der Waals surface area (Å²) in [5, 5.41) is 3.87. The van der Waals surface area contributed by atoms with Gasteiger partial charge in [-0.3, -0.25) is 0 Å². The molecule has 2 heterocycles. The van der Waals surface area contributed by atoms with Crippen molar-refractivity contribution in [1.82, 2.24) is 10.2 Å². The third-order valence-electron chi connectivity index (χ3n) is 4.42. The minimum absolute atomic E-state index is 0.660. The monoisotopic (exact) mass is 240 g/mol. The van der Waals surface area contributed by atoms with E-state index in [1.165, 1.54) is 45.2 Å². The maximum atomic E-state index is 5.44. The quantitative estimate of drug-likeness (QED) is 0.815. The van der Waals surface area contributed by atoms with E-state index in [0.29, 0.717) is 6.04 Å². The number of hydrogen-bond donors (Lipinski definition) is 1. The van der Waals surface area contributed by atoms with Gasteiger partial charge in [0, 0.05) is 25.3 Å². The summed E-state index contributed by atoms with van der Waals surface area (Å²) in [6.45, 7) is 6.81. The fourth-order valence-electron chi connectivity index (χ4n) is 3.13. The van der Waals surface area contributed by atoms with Crippen LogP contribution in [0.25, 0.3) is 0 Å². The SMILES string of the molecule is CC(NC1CCCN(C)CC1)C1CCOCC1. The first kappa shape index (κ1) is 13.3. The standard InChI is InChI=1S/C14H28N2O/c1-12(13-6-10-17-11-7-13)15-14-4-3-8-16(2)9-5-14/h12-15H,3-11H2,1-2H3. The highest BCUT2D eigenvalue weighted by molar-refractivity contribution is 4.81. The van der Waals surface area contributed by atoms with E-state index in [4.69, 9.17) is 4.74 Å². The zero-order valence-corrected chi connectivity index (χ0v) is 11.5. The average molecular weight is 240 g/mol. The van der Waals surface area contributed by atoms with Gasteiger partial charge in [-0.1, -0.05) is 0 Å². The van der Waals surface area contributed by atoms with Crippen molar-refractivity contribution in [3.63, 3.8) is 0 Å². The number of likely N-dealkylation sites (tertiary alicyclic amines) is 1. The molecule has 17 heavy (non-hydrogen) atoms. The van der Waals surface area contributed by atoms with Gasteiger partial charge in [-0.2, -0.15) is 0 Å². The second-order valence-electron chi connectivity index (χ2n) is 5.84. The van der Waals surface area contributed by atoms with Gasteiger partial charge in [-0.05, 0) is 65.1 Å². The fourth-order valence-corrected chi connectivity index (χ4v) is 3.13. The van der Waals surface area contributed by atoms with Gasteiger partial charge in [0.2, 0.25) is 0 Å². The molecule has 100 valence electrons. The van der Waals surface area contributed by atoms with Crippen molar-refractivity contribution in [3.05, 3.63) is 0 Å². The van der Waals surface area contributed by atoms with Crippen LogP contribution in [-0.4, -0.2) is 50.3 Å². The van der Waals surface area contributed by atoms with Gasteiger partial charge < -0.3 is 15.0 Å². The van der Waals surface area contributed by atoms with Gasteiger partial charge >= 0.3 is 0 Å². The van der Waals surface area contributed by atoms with E-state index in [0.717, 1.165) is 25.2 Å². The second-order valence-corrected chi connectivity index (χ2v) is 5.84. The zero-order chi connectivity index (χ0) is 12.1. The Labute approximate surface area is 106 Å². The van der Waals surface area contributed by atoms with Gasteiger partial charge in [-0.25, -0.2) is 0 Å². The Morgan fingerprint density at radius 1 is 1.12 bits per heavy atom. The van der Waals surface area contributed by atoms with Gasteiger partial charge in [0.05, 0.1) is 0 Å². The topological polar surface area (TPSA) is 24.5 Å². The Kier molecular flexibility index (Phi) is 5.26. The maximum Gasteiger partial charge on any atom is 0.0469 e. The predicted molar refractivity (Wildman–Crippen MR) is 71.3 cm³/mol. The molecule has 0 saturated carbocycles. The molecule has 2 aliphatic heterocycles. The molecular formula is C14H28N2O. The molecule has 0 aliphatic carbocycles. The van der Waals surface area contributed by atoms with E-state index in [-0.39, 0.29) is 0 Å². The van der Waals surface area contributed by atoms with E-state index in [1.54, 1.807) is 0 Å². The normalized spacial score (nSPS) is 31.1. The molecule has 0 spiro atoms. The molecule has 0 aromatic carbocycles. The lowest BCUT2D eigenvalue weighted by Gasteiger charge is -2.31. The highest BCUT2D eigenvalue weighted by Gasteiger charge is 2.23. The van der Waals surface area contributed by atoms with Crippen LogP contribution in [0.3, 0.4) is 0 Å². The molecule has 0 aromatic heterocycles. The van der Waals surface area contributed by atoms with Crippen molar-refractivity contribution >= 4 is 0 Å². The van der Waals surface area contributed by atoms with Crippen molar-refractivity contribution in [2.24, 2.45) is 5.92 Å². The first-order valence-electron chi connectivity index (χ1n) is 7.28. The van der Waals surface area contributed by atoms with E-state index >= 15 is 0 Å². The summed E-state index contributed by atoms with van der Waals surface area (Å²) in [5.74, 6) is 0.824. The Morgan fingerprint density at radius 2 is 1.88 bits per heavy atom. The van der Waals surface area contributed by atoms with Crippen LogP contribution in [0.15, 0.2) is 0 Å². The number of nitrogens with zero attached hydrogens (tertiary/aromatic N) is 1. The summed E-state index contributed by atoms with van der Waals surface area (Å²) in [6, 6.07) is 1.39.